The number of amides is 1. The van der Waals surface area contributed by atoms with Crippen molar-refractivity contribution in [3.63, 3.8) is 0 Å². The second-order valence-corrected chi connectivity index (χ2v) is 9.32. The van der Waals surface area contributed by atoms with E-state index >= 15 is 0 Å². The van der Waals surface area contributed by atoms with Crippen molar-refractivity contribution in [1.82, 2.24) is 15.0 Å². The average molecular weight is 420 g/mol. The summed E-state index contributed by atoms with van der Waals surface area (Å²) >= 11 is 0. The molecule has 1 amide bonds. The van der Waals surface area contributed by atoms with Crippen LogP contribution in [0.1, 0.15) is 56.2 Å². The predicted molar refractivity (Wildman–Crippen MR) is 123 cm³/mol. The number of aryl methyl sites for hydroxylation is 1. The number of nitrogens with one attached hydrogen (secondary N) is 1. The molecule has 0 spiro atoms. The molecule has 7 heteroatoms. The zero-order valence-electron chi connectivity index (χ0n) is 18.9. The number of hydrogen-bond donors (Lipinski definition) is 1. The van der Waals surface area contributed by atoms with E-state index in [4.69, 9.17) is 9.72 Å². The summed E-state index contributed by atoms with van der Waals surface area (Å²) in [5.74, 6) is 1.51. The molecular formula is C24H29N5O2. The molecule has 7 nitrogen and oxygen atoms in total. The van der Waals surface area contributed by atoms with Gasteiger partial charge in [-0.1, -0.05) is 0 Å². The first kappa shape index (κ1) is 21.0. The van der Waals surface area contributed by atoms with Gasteiger partial charge in [0.05, 0.1) is 5.52 Å². The van der Waals surface area contributed by atoms with Gasteiger partial charge in [0.1, 0.15) is 11.4 Å². The number of carbonyl (C=O) groups is 1. The summed E-state index contributed by atoms with van der Waals surface area (Å²) in [5, 5.41) is 3.88. The summed E-state index contributed by atoms with van der Waals surface area (Å²) in [6, 6.07) is 9.95. The van der Waals surface area contributed by atoms with Gasteiger partial charge >= 0.3 is 6.09 Å². The molecule has 0 radical (unpaired) electrons. The fourth-order valence-corrected chi connectivity index (χ4v) is 3.76. The van der Waals surface area contributed by atoms with Crippen LogP contribution in [0.25, 0.3) is 10.9 Å². The number of anilines is 2. The van der Waals surface area contributed by atoms with Gasteiger partial charge in [0.15, 0.2) is 0 Å². The van der Waals surface area contributed by atoms with Crippen LogP contribution < -0.4 is 10.2 Å². The molecule has 1 aliphatic carbocycles. The van der Waals surface area contributed by atoms with E-state index in [1.165, 1.54) is 0 Å². The molecule has 31 heavy (non-hydrogen) atoms. The van der Waals surface area contributed by atoms with Crippen LogP contribution in [-0.4, -0.2) is 40.7 Å². The third-order valence-corrected chi connectivity index (χ3v) is 5.25. The smallest absolute Gasteiger partial charge is 0.412 e. The van der Waals surface area contributed by atoms with Crippen molar-refractivity contribution < 1.29 is 9.53 Å². The SMILES string of the molecule is Cc1ccnc([C@H]2C[C@@H]2c2ccc3c(N(C)C)cc(NC(=O)OC(C)(C)C)cc3n2)n1. The van der Waals surface area contributed by atoms with Gasteiger partial charge < -0.3 is 9.64 Å². The second-order valence-electron chi connectivity index (χ2n) is 9.32. The Kier molecular flexibility index (Phi) is 5.29. The standard InChI is InChI=1S/C24H29N5O2/c1-14-9-10-25-22(26-14)18-13-17(18)19-8-7-16-20(28-19)11-15(12-21(16)29(5)6)27-23(30)31-24(2,3)4/h7-12,17-18H,13H2,1-6H3,(H,27,30)/t17-,18-/m0/s1. The number of ether oxygens (including phenoxy) is 1. The largest absolute Gasteiger partial charge is 0.444 e. The molecule has 1 fully saturated rings. The molecule has 1 N–H and O–H groups in total. The molecule has 2 aromatic heterocycles. The number of pyridine rings is 1. The minimum Gasteiger partial charge on any atom is -0.444 e. The fraction of sp³-hybridized carbons (Fsp3) is 0.417. The van der Waals surface area contributed by atoms with Crippen LogP contribution in [0.5, 0.6) is 0 Å². The number of carbonyl (C=O) groups excluding carboxylic acids is 1. The molecule has 4 rings (SSSR count). The van der Waals surface area contributed by atoms with Crippen LogP contribution in [0, 0.1) is 6.92 Å². The van der Waals surface area contributed by atoms with E-state index in [1.807, 2.05) is 71.1 Å². The third kappa shape index (κ3) is 4.76. The maximum atomic E-state index is 12.3. The third-order valence-electron chi connectivity index (χ3n) is 5.25. The molecule has 1 saturated carbocycles. The molecule has 2 heterocycles. The van der Waals surface area contributed by atoms with Crippen LogP contribution in [-0.2, 0) is 4.74 Å². The Bertz CT molecular complexity index is 1140. The Morgan fingerprint density at radius 3 is 2.58 bits per heavy atom. The van der Waals surface area contributed by atoms with E-state index in [2.05, 4.69) is 27.4 Å². The Morgan fingerprint density at radius 1 is 1.13 bits per heavy atom. The maximum Gasteiger partial charge on any atom is 0.412 e. The van der Waals surface area contributed by atoms with Crippen LogP contribution in [0.3, 0.4) is 0 Å². The first-order chi connectivity index (χ1) is 14.6. The lowest BCUT2D eigenvalue weighted by atomic mass is 10.1. The van der Waals surface area contributed by atoms with Crippen molar-refractivity contribution in [3.05, 3.63) is 53.7 Å². The van der Waals surface area contributed by atoms with Gasteiger partial charge in [0.2, 0.25) is 0 Å². The lowest BCUT2D eigenvalue weighted by Gasteiger charge is -2.21. The molecule has 162 valence electrons. The van der Waals surface area contributed by atoms with Crippen molar-refractivity contribution >= 4 is 28.4 Å². The number of fused-ring (bicyclic) bond motifs is 1. The van der Waals surface area contributed by atoms with Crippen molar-refractivity contribution in [2.75, 3.05) is 24.3 Å². The Hall–Kier alpha value is -3.22. The van der Waals surface area contributed by atoms with Crippen LogP contribution in [0.4, 0.5) is 16.2 Å². The lowest BCUT2D eigenvalue weighted by molar-refractivity contribution is 0.0636. The molecule has 2 atom stereocenters. The number of rotatable bonds is 4. The molecule has 0 saturated heterocycles. The van der Waals surface area contributed by atoms with Crippen molar-refractivity contribution in [2.24, 2.45) is 0 Å². The summed E-state index contributed by atoms with van der Waals surface area (Å²) in [4.78, 5) is 28.3. The van der Waals surface area contributed by atoms with Gasteiger partial charge in [0, 0.05) is 60.3 Å². The minimum atomic E-state index is -0.560. The highest BCUT2D eigenvalue weighted by molar-refractivity contribution is 5.97. The van der Waals surface area contributed by atoms with Gasteiger partial charge in [-0.25, -0.2) is 14.8 Å². The number of benzene rings is 1. The zero-order valence-corrected chi connectivity index (χ0v) is 18.9. The molecule has 0 aliphatic heterocycles. The predicted octanol–water partition coefficient (Wildman–Crippen LogP) is 5.02. The normalized spacial score (nSPS) is 18.0. The van der Waals surface area contributed by atoms with Crippen LogP contribution >= 0.6 is 0 Å². The van der Waals surface area contributed by atoms with E-state index in [9.17, 15) is 4.79 Å². The Labute approximate surface area is 182 Å². The van der Waals surface area contributed by atoms with E-state index in [1.54, 1.807) is 0 Å². The van der Waals surface area contributed by atoms with Crippen molar-refractivity contribution in [1.29, 1.82) is 0 Å². The van der Waals surface area contributed by atoms with Crippen LogP contribution in [0.15, 0.2) is 36.5 Å². The number of hydrogen-bond acceptors (Lipinski definition) is 6. The summed E-state index contributed by atoms with van der Waals surface area (Å²) in [6.07, 6.45) is 2.34. The summed E-state index contributed by atoms with van der Waals surface area (Å²) in [5.41, 5.74) is 3.93. The van der Waals surface area contributed by atoms with E-state index in [0.29, 0.717) is 17.5 Å². The van der Waals surface area contributed by atoms with Gasteiger partial charge in [-0.15, -0.1) is 0 Å². The summed E-state index contributed by atoms with van der Waals surface area (Å²) < 4.78 is 5.40. The minimum absolute atomic E-state index is 0.307. The first-order valence-corrected chi connectivity index (χ1v) is 10.5. The van der Waals surface area contributed by atoms with E-state index in [0.717, 1.165) is 40.2 Å². The highest BCUT2D eigenvalue weighted by atomic mass is 16.6. The summed E-state index contributed by atoms with van der Waals surface area (Å²) in [7, 11) is 3.96. The molecule has 1 aliphatic rings. The molecular weight excluding hydrogens is 390 g/mol. The van der Waals surface area contributed by atoms with Crippen molar-refractivity contribution in [2.45, 2.75) is 51.6 Å². The Balaban J connectivity index is 1.64. The van der Waals surface area contributed by atoms with Gasteiger partial charge in [-0.2, -0.15) is 0 Å². The number of aromatic nitrogens is 3. The zero-order chi connectivity index (χ0) is 22.3. The fourth-order valence-electron chi connectivity index (χ4n) is 3.76. The Morgan fingerprint density at radius 2 is 1.90 bits per heavy atom. The monoisotopic (exact) mass is 419 g/mol. The highest BCUT2D eigenvalue weighted by Gasteiger charge is 2.42. The lowest BCUT2D eigenvalue weighted by Crippen LogP contribution is -2.27. The molecule has 3 aromatic rings. The maximum absolute atomic E-state index is 12.3. The van der Waals surface area contributed by atoms with Crippen molar-refractivity contribution in [3.8, 4) is 0 Å². The quantitative estimate of drug-likeness (QED) is 0.640. The van der Waals surface area contributed by atoms with Crippen LogP contribution in [0.2, 0.25) is 0 Å². The second kappa shape index (κ2) is 7.80. The topological polar surface area (TPSA) is 80.2 Å². The number of nitrogens with zero attached hydrogens (tertiary/aromatic N) is 4. The molecule has 1 aromatic carbocycles. The molecule has 0 unspecified atom stereocenters. The average Bonchev–Trinajstić information content (AvgIpc) is 3.46. The first-order valence-electron chi connectivity index (χ1n) is 10.5. The van der Waals surface area contributed by atoms with Gasteiger partial charge in [-0.05, 0) is 64.4 Å². The van der Waals surface area contributed by atoms with Gasteiger partial charge in [-0.3, -0.25) is 10.3 Å². The van der Waals surface area contributed by atoms with E-state index < -0.39 is 11.7 Å². The molecule has 0 bridgehead atoms. The highest BCUT2D eigenvalue weighted by Crippen LogP contribution is 2.53. The summed E-state index contributed by atoms with van der Waals surface area (Å²) in [6.45, 7) is 7.51. The van der Waals surface area contributed by atoms with Gasteiger partial charge in [0.25, 0.3) is 0 Å². The van der Waals surface area contributed by atoms with E-state index in [-0.39, 0.29) is 0 Å².